The van der Waals surface area contributed by atoms with E-state index in [9.17, 15) is 4.79 Å². The van der Waals surface area contributed by atoms with Gasteiger partial charge in [-0.05, 0) is 38.0 Å². The molecule has 4 rings (SSSR count). The SMILES string of the molecule is COC(=O)N1c2c(F)cc(-c3cn(C)nn3)c(Oc3ccccc3)c2CC[C@@H]1C. The van der Waals surface area contributed by atoms with E-state index in [-0.39, 0.29) is 11.7 Å². The molecule has 2 heterocycles. The van der Waals surface area contributed by atoms with Gasteiger partial charge in [0.1, 0.15) is 23.0 Å². The van der Waals surface area contributed by atoms with Gasteiger partial charge in [-0.1, -0.05) is 23.4 Å². The van der Waals surface area contributed by atoms with E-state index in [0.29, 0.717) is 41.2 Å². The highest BCUT2D eigenvalue weighted by Crippen LogP contribution is 2.46. The number of para-hydroxylation sites is 1. The van der Waals surface area contributed by atoms with Crippen molar-refractivity contribution >= 4 is 11.8 Å². The highest BCUT2D eigenvalue weighted by molar-refractivity contribution is 5.92. The summed E-state index contributed by atoms with van der Waals surface area (Å²) < 4.78 is 27.9. The minimum absolute atomic E-state index is 0.189. The van der Waals surface area contributed by atoms with Gasteiger partial charge in [-0.25, -0.2) is 9.18 Å². The minimum atomic E-state index is -0.602. The third kappa shape index (κ3) is 3.41. The molecule has 0 radical (unpaired) electrons. The van der Waals surface area contributed by atoms with Crippen LogP contribution in [0.15, 0.2) is 42.6 Å². The second-order valence-corrected chi connectivity index (χ2v) is 6.98. The molecular weight excluding hydrogens is 375 g/mol. The second kappa shape index (κ2) is 7.54. The van der Waals surface area contributed by atoms with Crippen LogP contribution in [0, 0.1) is 5.82 Å². The zero-order valence-electron chi connectivity index (χ0n) is 16.4. The van der Waals surface area contributed by atoms with Crippen LogP contribution in [0.4, 0.5) is 14.9 Å². The molecule has 29 heavy (non-hydrogen) atoms. The number of benzene rings is 2. The predicted octanol–water partition coefficient (Wildman–Crippen LogP) is 4.32. The first kappa shape index (κ1) is 18.9. The van der Waals surface area contributed by atoms with E-state index in [0.717, 1.165) is 0 Å². The van der Waals surface area contributed by atoms with Gasteiger partial charge in [0.15, 0.2) is 0 Å². The molecule has 8 heteroatoms. The molecule has 7 nitrogen and oxygen atoms in total. The van der Waals surface area contributed by atoms with E-state index in [2.05, 4.69) is 10.3 Å². The molecule has 150 valence electrons. The molecule has 0 saturated heterocycles. The third-order valence-electron chi connectivity index (χ3n) is 5.01. The maximum absolute atomic E-state index is 15.3. The van der Waals surface area contributed by atoms with Gasteiger partial charge in [-0.2, -0.15) is 0 Å². The molecule has 3 aromatic rings. The van der Waals surface area contributed by atoms with Crippen LogP contribution in [0.2, 0.25) is 0 Å². The lowest BCUT2D eigenvalue weighted by atomic mass is 9.92. The van der Waals surface area contributed by atoms with Crippen molar-refractivity contribution in [1.82, 2.24) is 15.0 Å². The Morgan fingerprint density at radius 3 is 2.69 bits per heavy atom. The number of halogens is 1. The number of carbonyl (C=O) groups excluding carboxylic acids is 1. The predicted molar refractivity (Wildman–Crippen MR) is 106 cm³/mol. The summed E-state index contributed by atoms with van der Waals surface area (Å²) in [6.45, 7) is 1.87. The standard InChI is InChI=1S/C21H21FN4O3/c1-13-9-10-15-19(26(13)21(27)28-3)17(22)11-16(18-12-25(2)24-23-18)20(15)29-14-7-5-4-6-8-14/h4-8,11-13H,9-10H2,1-3H3/t13-/m0/s1. The average molecular weight is 396 g/mol. The van der Waals surface area contributed by atoms with Crippen LogP contribution < -0.4 is 9.64 Å². The molecule has 1 aliphatic heterocycles. The summed E-state index contributed by atoms with van der Waals surface area (Å²) in [5.41, 5.74) is 1.77. The Morgan fingerprint density at radius 2 is 2.03 bits per heavy atom. The Kier molecular flexibility index (Phi) is 4.92. The van der Waals surface area contributed by atoms with Gasteiger partial charge in [-0.15, -0.1) is 5.10 Å². The largest absolute Gasteiger partial charge is 0.456 e. The Labute approximate surface area is 167 Å². The van der Waals surface area contributed by atoms with Gasteiger partial charge in [0, 0.05) is 24.2 Å². The van der Waals surface area contributed by atoms with Gasteiger partial charge < -0.3 is 9.47 Å². The number of amides is 1. The Morgan fingerprint density at radius 1 is 1.28 bits per heavy atom. The molecule has 1 aliphatic rings. The van der Waals surface area contributed by atoms with Crippen LogP contribution in [-0.4, -0.2) is 34.2 Å². The fourth-order valence-electron chi connectivity index (χ4n) is 3.62. The van der Waals surface area contributed by atoms with E-state index in [4.69, 9.17) is 9.47 Å². The third-order valence-corrected chi connectivity index (χ3v) is 5.01. The highest BCUT2D eigenvalue weighted by atomic mass is 19.1. The summed E-state index contributed by atoms with van der Waals surface area (Å²) in [5, 5.41) is 8.08. The van der Waals surface area contributed by atoms with Gasteiger partial charge >= 0.3 is 6.09 Å². The minimum Gasteiger partial charge on any atom is -0.456 e. The first-order valence-electron chi connectivity index (χ1n) is 9.31. The first-order valence-corrected chi connectivity index (χ1v) is 9.31. The average Bonchev–Trinajstić information content (AvgIpc) is 3.16. The molecule has 1 amide bonds. The lowest BCUT2D eigenvalue weighted by Gasteiger charge is -2.35. The molecular formula is C21H21FN4O3. The van der Waals surface area contributed by atoms with Crippen molar-refractivity contribution in [3.63, 3.8) is 0 Å². The maximum atomic E-state index is 15.3. The summed E-state index contributed by atoms with van der Waals surface area (Å²) in [6.07, 6.45) is 2.30. The molecule has 0 aliphatic carbocycles. The number of fused-ring (bicyclic) bond motifs is 1. The number of nitrogens with zero attached hydrogens (tertiary/aromatic N) is 4. The summed E-state index contributed by atoms with van der Waals surface area (Å²) >= 11 is 0. The van der Waals surface area contributed by atoms with Crippen molar-refractivity contribution in [2.24, 2.45) is 7.05 Å². The number of aromatic nitrogens is 3. The van der Waals surface area contributed by atoms with E-state index >= 15 is 4.39 Å². The molecule has 0 saturated carbocycles. The van der Waals surface area contributed by atoms with Crippen molar-refractivity contribution in [3.05, 3.63) is 54.0 Å². The van der Waals surface area contributed by atoms with Crippen molar-refractivity contribution in [3.8, 4) is 22.8 Å². The summed E-state index contributed by atoms with van der Waals surface area (Å²) in [5.74, 6) is 0.543. The lowest BCUT2D eigenvalue weighted by Crippen LogP contribution is -2.42. The fraction of sp³-hybridized carbons (Fsp3) is 0.286. The molecule has 0 bridgehead atoms. The highest BCUT2D eigenvalue weighted by Gasteiger charge is 2.35. The van der Waals surface area contributed by atoms with Gasteiger partial charge in [0.25, 0.3) is 0 Å². The Balaban J connectivity index is 1.94. The number of rotatable bonds is 3. The van der Waals surface area contributed by atoms with E-state index < -0.39 is 11.9 Å². The number of hydrogen-bond acceptors (Lipinski definition) is 5. The van der Waals surface area contributed by atoms with Crippen LogP contribution in [0.3, 0.4) is 0 Å². The zero-order valence-corrected chi connectivity index (χ0v) is 16.4. The van der Waals surface area contributed by atoms with Crippen LogP contribution in [0.5, 0.6) is 11.5 Å². The summed E-state index contributed by atoms with van der Waals surface area (Å²) in [6, 6.07) is 10.4. The molecule has 0 fully saturated rings. The smallest absolute Gasteiger partial charge is 0.414 e. The van der Waals surface area contributed by atoms with Gasteiger partial charge in [-0.3, -0.25) is 9.58 Å². The number of anilines is 1. The molecule has 2 aromatic carbocycles. The molecule has 1 aromatic heterocycles. The molecule has 0 unspecified atom stereocenters. The lowest BCUT2D eigenvalue weighted by molar-refractivity contribution is 0.175. The molecule has 0 N–H and O–H groups in total. The van der Waals surface area contributed by atoms with E-state index in [1.54, 1.807) is 17.9 Å². The quantitative estimate of drug-likeness (QED) is 0.659. The Bertz CT molecular complexity index is 1050. The van der Waals surface area contributed by atoms with Crippen molar-refractivity contribution < 1.29 is 18.7 Å². The second-order valence-electron chi connectivity index (χ2n) is 6.98. The number of carbonyl (C=O) groups is 1. The number of aryl methyl sites for hydroxylation is 1. The molecule has 0 spiro atoms. The van der Waals surface area contributed by atoms with Crippen molar-refractivity contribution in [1.29, 1.82) is 0 Å². The Hall–Kier alpha value is -3.42. The zero-order chi connectivity index (χ0) is 20.5. The van der Waals surface area contributed by atoms with Crippen molar-refractivity contribution in [2.45, 2.75) is 25.8 Å². The van der Waals surface area contributed by atoms with Gasteiger partial charge in [0.05, 0.1) is 19.0 Å². The van der Waals surface area contributed by atoms with Gasteiger partial charge in [0.2, 0.25) is 0 Å². The normalized spacial score (nSPS) is 15.7. The van der Waals surface area contributed by atoms with Crippen LogP contribution in [0.1, 0.15) is 18.9 Å². The number of hydrogen-bond donors (Lipinski definition) is 0. The number of methoxy groups -OCH3 is 1. The van der Waals surface area contributed by atoms with Crippen LogP contribution in [-0.2, 0) is 18.2 Å². The van der Waals surface area contributed by atoms with E-state index in [1.165, 1.54) is 18.1 Å². The van der Waals surface area contributed by atoms with Crippen molar-refractivity contribution in [2.75, 3.05) is 12.0 Å². The van der Waals surface area contributed by atoms with Crippen LogP contribution >= 0.6 is 0 Å². The summed E-state index contributed by atoms with van der Waals surface area (Å²) in [4.78, 5) is 13.7. The maximum Gasteiger partial charge on any atom is 0.414 e. The topological polar surface area (TPSA) is 69.5 Å². The monoisotopic (exact) mass is 396 g/mol. The van der Waals surface area contributed by atoms with Crippen LogP contribution in [0.25, 0.3) is 11.3 Å². The molecule has 1 atom stereocenters. The fourth-order valence-corrected chi connectivity index (χ4v) is 3.62. The summed E-state index contributed by atoms with van der Waals surface area (Å²) in [7, 11) is 3.03. The van der Waals surface area contributed by atoms with E-state index in [1.807, 2.05) is 37.3 Å². The number of ether oxygens (including phenoxy) is 2. The first-order chi connectivity index (χ1) is 14.0.